The molecule has 5 N–H and O–H groups in total. The molecule has 2 aromatic heterocycles. The number of nitrogens with one attached hydrogen (secondary N) is 2. The van der Waals surface area contributed by atoms with Gasteiger partial charge in [0, 0.05) is 6.42 Å². The van der Waals surface area contributed by atoms with Gasteiger partial charge < -0.3 is 20.1 Å². The highest BCUT2D eigenvalue weighted by Gasteiger charge is 2.45. The van der Waals surface area contributed by atoms with Crippen molar-refractivity contribution in [2.24, 2.45) is 0 Å². The van der Waals surface area contributed by atoms with Crippen molar-refractivity contribution in [2.45, 2.75) is 37.0 Å². The van der Waals surface area contributed by atoms with Gasteiger partial charge in [-0.1, -0.05) is 42.5 Å². The number of ether oxygens (including phenoxy) is 1. The average Bonchev–Trinajstić information content (AvgIpc) is 3.60. The van der Waals surface area contributed by atoms with E-state index in [4.69, 9.17) is 4.74 Å². The van der Waals surface area contributed by atoms with E-state index < -0.39 is 60.5 Å². The first-order valence-corrected chi connectivity index (χ1v) is 12.7. The van der Waals surface area contributed by atoms with E-state index in [1.165, 1.54) is 23.0 Å². The molecule has 14 heteroatoms. The molecular weight excluding hydrogens is 536 g/mol. The third-order valence-electron chi connectivity index (χ3n) is 7.18. The summed E-state index contributed by atoms with van der Waals surface area (Å²) >= 11 is 0. The lowest BCUT2D eigenvalue weighted by atomic mass is 10.0. The lowest BCUT2D eigenvalue weighted by molar-refractivity contribution is -0.120. The van der Waals surface area contributed by atoms with Crippen LogP contribution in [0.1, 0.15) is 32.5 Å². The van der Waals surface area contributed by atoms with Crippen LogP contribution in [-0.2, 0) is 16.0 Å². The average molecular weight is 561 g/mol. The fraction of sp³-hybridized carbons (Fsp3) is 0.259. The number of hydrogen-bond donors (Lipinski definition) is 5. The largest absolute Gasteiger partial charge is 0.394 e. The Morgan fingerprint density at radius 1 is 1.00 bits per heavy atom. The first-order chi connectivity index (χ1) is 19.8. The van der Waals surface area contributed by atoms with E-state index in [9.17, 15) is 34.5 Å². The molecule has 1 fully saturated rings. The van der Waals surface area contributed by atoms with Gasteiger partial charge in [-0.2, -0.15) is 4.98 Å². The van der Waals surface area contributed by atoms with Crippen LogP contribution >= 0.6 is 0 Å². The Morgan fingerprint density at radius 3 is 2.29 bits per heavy atom. The molecule has 4 aromatic rings. The van der Waals surface area contributed by atoms with Gasteiger partial charge in [-0.05, 0) is 17.7 Å². The van der Waals surface area contributed by atoms with Crippen LogP contribution in [0.15, 0.2) is 65.7 Å². The van der Waals surface area contributed by atoms with Gasteiger partial charge in [0.05, 0.1) is 24.1 Å². The fourth-order valence-electron chi connectivity index (χ4n) is 5.11. The maximum absolute atomic E-state index is 13.7. The van der Waals surface area contributed by atoms with Crippen molar-refractivity contribution in [1.82, 2.24) is 24.4 Å². The second kappa shape index (κ2) is 10.3. The molecule has 0 saturated carbocycles. The Bertz CT molecular complexity index is 1680. The van der Waals surface area contributed by atoms with Crippen LogP contribution < -0.4 is 10.9 Å². The van der Waals surface area contributed by atoms with Crippen molar-refractivity contribution in [1.29, 1.82) is 0 Å². The van der Waals surface area contributed by atoms with Crippen molar-refractivity contribution < 1.29 is 34.4 Å². The van der Waals surface area contributed by atoms with Gasteiger partial charge in [0.1, 0.15) is 24.4 Å². The van der Waals surface area contributed by atoms with Crippen LogP contribution in [0.4, 0.5) is 5.95 Å². The quantitative estimate of drug-likeness (QED) is 0.185. The van der Waals surface area contributed by atoms with Crippen molar-refractivity contribution >= 4 is 34.8 Å². The first kappa shape index (κ1) is 26.5. The number of aliphatic hydroxyl groups is 3. The van der Waals surface area contributed by atoms with Crippen molar-refractivity contribution in [3.63, 3.8) is 0 Å². The van der Waals surface area contributed by atoms with Crippen LogP contribution in [0.3, 0.4) is 0 Å². The molecule has 0 unspecified atom stereocenters. The molecule has 5 atom stereocenters. The number of benzene rings is 2. The zero-order valence-electron chi connectivity index (χ0n) is 21.2. The summed E-state index contributed by atoms with van der Waals surface area (Å²) in [6.45, 7) is -0.558. The van der Waals surface area contributed by atoms with Crippen molar-refractivity contribution in [3.8, 4) is 0 Å². The van der Waals surface area contributed by atoms with Crippen molar-refractivity contribution in [3.05, 3.63) is 88.0 Å². The zero-order chi connectivity index (χ0) is 28.8. The molecule has 41 heavy (non-hydrogen) atoms. The Labute approximate surface area is 230 Å². The number of nitrogens with zero attached hydrogens (tertiary/aromatic N) is 4. The van der Waals surface area contributed by atoms with Crippen LogP contribution in [0.2, 0.25) is 0 Å². The normalized spacial score (nSPS) is 22.8. The number of carbonyl (C=O) groups is 3. The van der Waals surface area contributed by atoms with Crippen molar-refractivity contribution in [2.75, 3.05) is 11.9 Å². The number of imidazole rings is 1. The third kappa shape index (κ3) is 4.48. The topological polar surface area (TPSA) is 200 Å². The van der Waals surface area contributed by atoms with Gasteiger partial charge in [0.2, 0.25) is 11.9 Å². The highest BCUT2D eigenvalue weighted by Crippen LogP contribution is 2.31. The summed E-state index contributed by atoms with van der Waals surface area (Å²) in [7, 11) is 0. The third-order valence-corrected chi connectivity index (χ3v) is 7.18. The maximum Gasteiger partial charge on any atom is 0.280 e. The molecule has 0 aliphatic carbocycles. The number of aliphatic hydroxyl groups excluding tert-OH is 3. The fourth-order valence-corrected chi connectivity index (χ4v) is 5.11. The van der Waals surface area contributed by atoms with Crippen LogP contribution in [-0.4, -0.2) is 88.4 Å². The minimum atomic E-state index is -1.47. The second-order valence-corrected chi connectivity index (χ2v) is 9.69. The van der Waals surface area contributed by atoms with Gasteiger partial charge in [-0.15, -0.1) is 0 Å². The van der Waals surface area contributed by atoms with Gasteiger partial charge in [0.25, 0.3) is 17.4 Å². The summed E-state index contributed by atoms with van der Waals surface area (Å²) in [6, 6.07) is 13.8. The Kier molecular flexibility index (Phi) is 6.67. The summed E-state index contributed by atoms with van der Waals surface area (Å²) in [5, 5.41) is 32.5. The van der Waals surface area contributed by atoms with Gasteiger partial charge >= 0.3 is 0 Å². The van der Waals surface area contributed by atoms with Crippen LogP contribution in [0.25, 0.3) is 11.2 Å². The summed E-state index contributed by atoms with van der Waals surface area (Å²) in [6.07, 6.45) is -4.00. The van der Waals surface area contributed by atoms with E-state index in [0.29, 0.717) is 5.56 Å². The zero-order valence-corrected chi connectivity index (χ0v) is 21.2. The maximum atomic E-state index is 13.7. The molecule has 4 heterocycles. The predicted molar refractivity (Wildman–Crippen MR) is 141 cm³/mol. The highest BCUT2D eigenvalue weighted by molar-refractivity contribution is 6.23. The Balaban J connectivity index is 1.34. The molecule has 0 radical (unpaired) electrons. The smallest absolute Gasteiger partial charge is 0.280 e. The summed E-state index contributed by atoms with van der Waals surface area (Å²) < 4.78 is 6.73. The number of aromatic amines is 1. The molecule has 2 aliphatic rings. The number of rotatable bonds is 7. The van der Waals surface area contributed by atoms with E-state index in [2.05, 4.69) is 20.3 Å². The number of hydrogen-bond acceptors (Lipinski definition) is 10. The molecule has 210 valence electrons. The summed E-state index contributed by atoms with van der Waals surface area (Å²) in [5.74, 6) is -2.34. The molecule has 1 saturated heterocycles. The SMILES string of the molecule is O=C(Nc1nc2c(ncn2[C@@H]2O[C@H](CO)[C@H](O)[C@H]2O)c(=O)[nH]1)[C@H](Cc1ccccc1)N1C(=O)c2ccccc2C1=O. The predicted octanol–water partition coefficient (Wildman–Crippen LogP) is -0.423. The second-order valence-electron chi connectivity index (χ2n) is 9.69. The van der Waals surface area contributed by atoms with Crippen LogP contribution in [0.5, 0.6) is 0 Å². The van der Waals surface area contributed by atoms with E-state index in [0.717, 1.165) is 4.90 Å². The van der Waals surface area contributed by atoms with E-state index in [1.807, 2.05) is 0 Å². The monoisotopic (exact) mass is 560 g/mol. The number of aromatic nitrogens is 4. The molecule has 2 aliphatic heterocycles. The standard InChI is InChI=1S/C27H24N6O8/c34-11-17-19(35)20(36)26(41-17)32-12-28-18-21(32)29-27(31-23(18)38)30-22(37)16(10-13-6-2-1-3-7-13)33-24(39)14-8-4-5-9-15(14)25(33)40/h1-9,12,16-17,19-20,26,34-36H,10-11H2,(H2,29,30,31,37,38)/t16-,17+,19-,20+,26+/m0/s1. The molecule has 0 spiro atoms. The Morgan fingerprint density at radius 2 is 1.66 bits per heavy atom. The van der Waals surface area contributed by atoms with Gasteiger partial charge in [0.15, 0.2) is 17.4 Å². The number of H-pyrrole nitrogens is 1. The molecule has 2 aromatic carbocycles. The summed E-state index contributed by atoms with van der Waals surface area (Å²) in [5.41, 5.74) is 0.0956. The minimum Gasteiger partial charge on any atom is -0.394 e. The summed E-state index contributed by atoms with van der Waals surface area (Å²) in [4.78, 5) is 64.6. The van der Waals surface area contributed by atoms with E-state index in [-0.39, 0.29) is 34.7 Å². The molecule has 6 rings (SSSR count). The van der Waals surface area contributed by atoms with Crippen LogP contribution in [0, 0.1) is 0 Å². The first-order valence-electron chi connectivity index (χ1n) is 12.7. The van der Waals surface area contributed by atoms with E-state index in [1.54, 1.807) is 42.5 Å². The number of carbonyl (C=O) groups excluding carboxylic acids is 3. The van der Waals surface area contributed by atoms with Gasteiger partial charge in [-0.3, -0.25) is 38.9 Å². The number of fused-ring (bicyclic) bond motifs is 2. The highest BCUT2D eigenvalue weighted by atomic mass is 16.6. The molecular formula is C27H24N6O8. The lowest BCUT2D eigenvalue weighted by Crippen LogP contribution is -2.48. The molecule has 14 nitrogen and oxygen atoms in total. The molecule has 3 amide bonds. The van der Waals surface area contributed by atoms with Gasteiger partial charge in [-0.25, -0.2) is 4.98 Å². The minimum absolute atomic E-state index is 0.00884. The van der Waals surface area contributed by atoms with E-state index >= 15 is 0 Å². The number of amides is 3. The number of imide groups is 1. The lowest BCUT2D eigenvalue weighted by Gasteiger charge is -2.25. The number of anilines is 1. The Hall–Kier alpha value is -4.76. The molecule has 0 bridgehead atoms.